The molecule has 0 saturated carbocycles. The maximum Gasteiger partial charge on any atom is 0.127 e. The van der Waals surface area contributed by atoms with Crippen molar-refractivity contribution in [2.24, 2.45) is 0 Å². The van der Waals surface area contributed by atoms with Gasteiger partial charge in [-0.25, -0.2) is 9.37 Å². The van der Waals surface area contributed by atoms with Gasteiger partial charge in [0.25, 0.3) is 0 Å². The van der Waals surface area contributed by atoms with Crippen molar-refractivity contribution in [2.45, 2.75) is 38.7 Å². The van der Waals surface area contributed by atoms with E-state index in [2.05, 4.69) is 28.7 Å². The first-order valence-corrected chi connectivity index (χ1v) is 9.58. The molecule has 3 rings (SSSR count). The van der Waals surface area contributed by atoms with Gasteiger partial charge in [0.05, 0.1) is 29.0 Å². The van der Waals surface area contributed by atoms with E-state index in [4.69, 9.17) is 0 Å². The first kappa shape index (κ1) is 19.9. The summed E-state index contributed by atoms with van der Waals surface area (Å²) in [5, 5.41) is 9.28. The molecule has 144 valence electrons. The smallest absolute Gasteiger partial charge is 0.127 e. The summed E-state index contributed by atoms with van der Waals surface area (Å²) in [5.74, 6) is -0.254. The second kappa shape index (κ2) is 9.38. The molecule has 0 bridgehead atoms. The van der Waals surface area contributed by atoms with Crippen LogP contribution in [0.2, 0.25) is 0 Å². The summed E-state index contributed by atoms with van der Waals surface area (Å²) in [6, 6.07) is 11.1. The molecule has 1 N–H and O–H groups in total. The summed E-state index contributed by atoms with van der Waals surface area (Å²) in [4.78, 5) is 9.14. The van der Waals surface area contributed by atoms with Gasteiger partial charge in [0.15, 0.2) is 0 Å². The molecule has 0 saturated heterocycles. The summed E-state index contributed by atoms with van der Waals surface area (Å²) in [6.07, 6.45) is 10.5. The molecule has 28 heavy (non-hydrogen) atoms. The third-order valence-corrected chi connectivity index (χ3v) is 4.58. The molecule has 1 atom stereocenters. The topological polar surface area (TPSA) is 46.0 Å². The van der Waals surface area contributed by atoms with E-state index in [1.807, 2.05) is 31.2 Å². The molecular weight excluding hydrogens is 351 g/mol. The third kappa shape index (κ3) is 5.11. The number of aliphatic hydroxyl groups is 1. The van der Waals surface area contributed by atoms with Gasteiger partial charge in [-0.3, -0.25) is 4.98 Å². The zero-order valence-electron chi connectivity index (χ0n) is 16.1. The van der Waals surface area contributed by atoms with Crippen LogP contribution in [-0.2, 0) is 6.42 Å². The van der Waals surface area contributed by atoms with Crippen LogP contribution in [0.4, 0.5) is 4.39 Å². The van der Waals surface area contributed by atoms with Gasteiger partial charge in [0.1, 0.15) is 5.82 Å². The number of nitrogens with zero attached hydrogens (tertiary/aromatic N) is 2. The van der Waals surface area contributed by atoms with Gasteiger partial charge in [0.2, 0.25) is 0 Å². The highest BCUT2D eigenvalue weighted by Crippen LogP contribution is 2.23. The number of halogens is 1. The molecule has 1 aromatic heterocycles. The van der Waals surface area contributed by atoms with E-state index in [0.717, 1.165) is 35.9 Å². The number of unbranched alkanes of at least 4 members (excludes halogenated alkanes) is 1. The van der Waals surface area contributed by atoms with E-state index < -0.39 is 0 Å². The number of rotatable bonds is 8. The van der Waals surface area contributed by atoms with Crippen molar-refractivity contribution in [3.63, 3.8) is 0 Å². The molecular formula is C24H25FN2O. The first-order chi connectivity index (χ1) is 13.6. The molecule has 3 nitrogen and oxygen atoms in total. The van der Waals surface area contributed by atoms with Crippen LogP contribution in [-0.4, -0.2) is 21.2 Å². The minimum absolute atomic E-state index is 0.245. The lowest BCUT2D eigenvalue weighted by Gasteiger charge is -2.06. The lowest BCUT2D eigenvalue weighted by molar-refractivity contribution is 0.182. The third-order valence-electron chi connectivity index (χ3n) is 4.58. The molecule has 0 amide bonds. The van der Waals surface area contributed by atoms with Gasteiger partial charge >= 0.3 is 0 Å². The van der Waals surface area contributed by atoms with Crippen molar-refractivity contribution in [3.05, 3.63) is 78.3 Å². The minimum atomic E-state index is -0.254. The number of benzene rings is 2. The van der Waals surface area contributed by atoms with E-state index in [0.29, 0.717) is 23.2 Å². The Balaban J connectivity index is 1.76. The fourth-order valence-electron chi connectivity index (χ4n) is 3.05. The maximum atomic E-state index is 14.2. The van der Waals surface area contributed by atoms with Crippen LogP contribution in [0.5, 0.6) is 0 Å². The van der Waals surface area contributed by atoms with E-state index in [9.17, 15) is 9.50 Å². The summed E-state index contributed by atoms with van der Waals surface area (Å²) in [5.41, 5.74) is 4.63. The summed E-state index contributed by atoms with van der Waals surface area (Å²) in [6.45, 7) is 5.46. The highest BCUT2D eigenvalue weighted by molar-refractivity contribution is 5.79. The monoisotopic (exact) mass is 376 g/mol. The standard InChI is InChI=1S/C24H25FN2O/c1-3-7-19-11-12-20(15-21(19)25)24-16-26-23-14-18(10-13-22(23)27-24)9-6-4-5-8-17(2)28/h3,6,9-17,28H,1,4-5,7-8H2,2H3/b9-6+. The maximum absolute atomic E-state index is 14.2. The zero-order chi connectivity index (χ0) is 19.9. The number of allylic oxidation sites excluding steroid dienone is 2. The molecule has 0 spiro atoms. The number of fused-ring (bicyclic) bond motifs is 1. The zero-order valence-corrected chi connectivity index (χ0v) is 16.1. The number of hydrogen-bond acceptors (Lipinski definition) is 3. The van der Waals surface area contributed by atoms with E-state index in [1.165, 1.54) is 6.07 Å². The van der Waals surface area contributed by atoms with Crippen molar-refractivity contribution >= 4 is 17.1 Å². The SMILES string of the molecule is C=CCc1ccc(-c2cnc3cc(/C=C/CCCC(C)O)ccc3n2)cc1F. The molecule has 0 aliphatic carbocycles. The second-order valence-electron chi connectivity index (χ2n) is 6.98. The van der Waals surface area contributed by atoms with E-state index in [1.54, 1.807) is 18.3 Å². The van der Waals surface area contributed by atoms with Crippen LogP contribution in [0.25, 0.3) is 28.4 Å². The largest absolute Gasteiger partial charge is 0.393 e. The van der Waals surface area contributed by atoms with Crippen molar-refractivity contribution in [2.75, 3.05) is 0 Å². The Bertz CT molecular complexity index is 995. The van der Waals surface area contributed by atoms with Crippen LogP contribution in [0, 0.1) is 5.82 Å². The van der Waals surface area contributed by atoms with Crippen molar-refractivity contribution < 1.29 is 9.50 Å². The lowest BCUT2D eigenvalue weighted by atomic mass is 10.1. The molecule has 1 heterocycles. The Morgan fingerprint density at radius 3 is 2.79 bits per heavy atom. The predicted molar refractivity (Wildman–Crippen MR) is 113 cm³/mol. The van der Waals surface area contributed by atoms with E-state index >= 15 is 0 Å². The fraction of sp³-hybridized carbons (Fsp3) is 0.250. The van der Waals surface area contributed by atoms with Gasteiger partial charge in [0, 0.05) is 5.56 Å². The predicted octanol–water partition coefficient (Wildman–Crippen LogP) is 5.73. The van der Waals surface area contributed by atoms with Gasteiger partial charge in [-0.05, 0) is 61.9 Å². The quantitative estimate of drug-likeness (QED) is 0.403. The average molecular weight is 376 g/mol. The Labute approximate surface area is 165 Å². The van der Waals surface area contributed by atoms with Gasteiger partial charge < -0.3 is 5.11 Å². The Hall–Kier alpha value is -2.85. The highest BCUT2D eigenvalue weighted by Gasteiger charge is 2.07. The molecule has 1 unspecified atom stereocenters. The number of hydrogen-bond donors (Lipinski definition) is 1. The fourth-order valence-corrected chi connectivity index (χ4v) is 3.05. The van der Waals surface area contributed by atoms with E-state index in [-0.39, 0.29) is 11.9 Å². The Morgan fingerprint density at radius 2 is 2.04 bits per heavy atom. The van der Waals surface area contributed by atoms with Crippen molar-refractivity contribution in [1.82, 2.24) is 9.97 Å². The normalized spacial score (nSPS) is 12.5. The van der Waals surface area contributed by atoms with Gasteiger partial charge in [-0.1, -0.05) is 36.4 Å². The van der Waals surface area contributed by atoms with Gasteiger partial charge in [-0.2, -0.15) is 0 Å². The Morgan fingerprint density at radius 1 is 1.18 bits per heavy atom. The number of aliphatic hydroxyl groups excluding tert-OH is 1. The van der Waals surface area contributed by atoms with Crippen molar-refractivity contribution in [1.29, 1.82) is 0 Å². The van der Waals surface area contributed by atoms with Crippen LogP contribution in [0.1, 0.15) is 37.3 Å². The van der Waals surface area contributed by atoms with Gasteiger partial charge in [-0.15, -0.1) is 6.58 Å². The molecule has 4 heteroatoms. The summed E-state index contributed by atoms with van der Waals surface area (Å²) in [7, 11) is 0. The number of aromatic nitrogens is 2. The molecule has 3 aromatic rings. The first-order valence-electron chi connectivity index (χ1n) is 9.58. The molecule has 0 aliphatic rings. The molecule has 0 aliphatic heterocycles. The van der Waals surface area contributed by atoms with Crippen LogP contribution in [0.15, 0.2) is 61.3 Å². The minimum Gasteiger partial charge on any atom is -0.393 e. The average Bonchev–Trinajstić information content (AvgIpc) is 2.68. The van der Waals surface area contributed by atoms with Crippen LogP contribution in [0.3, 0.4) is 0 Å². The molecule has 0 fully saturated rings. The highest BCUT2D eigenvalue weighted by atomic mass is 19.1. The summed E-state index contributed by atoms with van der Waals surface area (Å²) >= 11 is 0. The molecule has 2 aromatic carbocycles. The molecule has 0 radical (unpaired) electrons. The Kier molecular flexibility index (Phi) is 6.66. The summed E-state index contributed by atoms with van der Waals surface area (Å²) < 4.78 is 14.2. The second-order valence-corrected chi connectivity index (χ2v) is 6.98. The van der Waals surface area contributed by atoms with Crippen molar-refractivity contribution in [3.8, 4) is 11.3 Å². The van der Waals surface area contributed by atoms with Crippen LogP contribution >= 0.6 is 0 Å². The lowest BCUT2D eigenvalue weighted by Crippen LogP contribution is -1.97. The van der Waals surface area contributed by atoms with Crippen LogP contribution < -0.4 is 0 Å².